The molecule has 0 aliphatic rings. The van der Waals surface area contributed by atoms with Crippen molar-refractivity contribution in [3.8, 4) is 11.5 Å². The standard InChI is InChI=1S/C20H20N2O6/c1-10-6-16(23)18(25)19(28-10)13(9-17(21)24)14-7-11-4-5-12(27-3)8-15(11)22(2)20(14)26/h4-8,13,25H,9H2,1-3H3,(H2,21,24)/t13-/m1/s1. The number of nitrogens with two attached hydrogens (primary N) is 1. The number of rotatable bonds is 5. The van der Waals surface area contributed by atoms with E-state index in [-0.39, 0.29) is 23.5 Å². The van der Waals surface area contributed by atoms with Gasteiger partial charge >= 0.3 is 0 Å². The molecule has 8 nitrogen and oxygen atoms in total. The van der Waals surface area contributed by atoms with Crippen LogP contribution in [0.15, 0.2) is 44.3 Å². The van der Waals surface area contributed by atoms with Crippen LogP contribution < -0.4 is 21.5 Å². The van der Waals surface area contributed by atoms with Crippen molar-refractivity contribution in [2.75, 3.05) is 7.11 Å². The number of carbonyl (C=O) groups is 1. The number of methoxy groups -OCH3 is 1. The van der Waals surface area contributed by atoms with E-state index in [1.54, 1.807) is 31.3 Å². The summed E-state index contributed by atoms with van der Waals surface area (Å²) in [5.41, 5.74) is 5.11. The minimum absolute atomic E-state index is 0.159. The van der Waals surface area contributed by atoms with Crippen LogP contribution in [0.25, 0.3) is 10.9 Å². The van der Waals surface area contributed by atoms with Crippen molar-refractivity contribution in [2.24, 2.45) is 12.8 Å². The van der Waals surface area contributed by atoms with E-state index in [0.29, 0.717) is 16.7 Å². The van der Waals surface area contributed by atoms with E-state index in [1.165, 1.54) is 18.6 Å². The molecule has 1 aromatic carbocycles. The zero-order valence-corrected chi connectivity index (χ0v) is 15.7. The molecule has 0 spiro atoms. The maximum Gasteiger partial charge on any atom is 0.254 e. The lowest BCUT2D eigenvalue weighted by Gasteiger charge is -2.18. The summed E-state index contributed by atoms with van der Waals surface area (Å²) >= 11 is 0. The van der Waals surface area contributed by atoms with Crippen LogP contribution in [-0.4, -0.2) is 22.7 Å². The number of benzene rings is 1. The second-order valence-corrected chi connectivity index (χ2v) is 6.55. The SMILES string of the molecule is COc1ccc2cc([C@@H](CC(N)=O)c3oc(C)cc(=O)c3O)c(=O)n(C)c2c1. The van der Waals surface area contributed by atoms with E-state index >= 15 is 0 Å². The first kappa shape index (κ1) is 19.2. The number of hydrogen-bond acceptors (Lipinski definition) is 6. The summed E-state index contributed by atoms with van der Waals surface area (Å²) in [6.07, 6.45) is -0.309. The Morgan fingerprint density at radius 2 is 2.00 bits per heavy atom. The molecule has 8 heteroatoms. The van der Waals surface area contributed by atoms with Crippen LogP contribution in [0.4, 0.5) is 0 Å². The lowest BCUT2D eigenvalue weighted by molar-refractivity contribution is -0.118. The summed E-state index contributed by atoms with van der Waals surface area (Å²) in [5, 5.41) is 10.9. The highest BCUT2D eigenvalue weighted by atomic mass is 16.5. The van der Waals surface area contributed by atoms with Crippen molar-refractivity contribution in [2.45, 2.75) is 19.3 Å². The molecule has 0 saturated heterocycles. The highest BCUT2D eigenvalue weighted by Gasteiger charge is 2.28. The van der Waals surface area contributed by atoms with Gasteiger partial charge in [-0.05, 0) is 30.5 Å². The van der Waals surface area contributed by atoms with Gasteiger partial charge < -0.3 is 24.6 Å². The van der Waals surface area contributed by atoms with E-state index < -0.39 is 28.6 Å². The number of carbonyl (C=O) groups excluding carboxylic acids is 1. The molecule has 0 aliphatic carbocycles. The van der Waals surface area contributed by atoms with Gasteiger partial charge in [-0.25, -0.2) is 0 Å². The average Bonchev–Trinajstić information content (AvgIpc) is 2.65. The third-order valence-corrected chi connectivity index (χ3v) is 4.63. The number of hydrogen-bond donors (Lipinski definition) is 2. The van der Waals surface area contributed by atoms with Gasteiger partial charge in [-0.1, -0.05) is 0 Å². The minimum Gasteiger partial charge on any atom is -0.502 e. The Kier molecular flexibility index (Phi) is 4.96. The second kappa shape index (κ2) is 7.22. The molecule has 3 N–H and O–H groups in total. The fraction of sp³-hybridized carbons (Fsp3) is 0.250. The van der Waals surface area contributed by atoms with Gasteiger partial charge in [0.1, 0.15) is 11.5 Å². The largest absolute Gasteiger partial charge is 0.502 e. The Hall–Kier alpha value is -3.55. The molecule has 0 radical (unpaired) electrons. The predicted octanol–water partition coefficient (Wildman–Crippen LogP) is 1.52. The molecule has 0 bridgehead atoms. The number of fused-ring (bicyclic) bond motifs is 1. The normalized spacial score (nSPS) is 12.1. The van der Waals surface area contributed by atoms with Gasteiger partial charge in [0.25, 0.3) is 5.56 Å². The van der Waals surface area contributed by atoms with Crippen LogP contribution in [0, 0.1) is 6.92 Å². The molecule has 3 rings (SSSR count). The summed E-state index contributed by atoms with van der Waals surface area (Å²) < 4.78 is 12.1. The maximum atomic E-state index is 13.0. The number of aryl methyl sites for hydroxylation is 2. The molecular weight excluding hydrogens is 364 g/mol. The molecule has 2 aromatic heterocycles. The van der Waals surface area contributed by atoms with E-state index in [1.807, 2.05) is 0 Å². The molecule has 3 aromatic rings. The van der Waals surface area contributed by atoms with Gasteiger partial charge in [-0.3, -0.25) is 14.4 Å². The molecule has 0 unspecified atom stereocenters. The Balaban J connectivity index is 2.31. The average molecular weight is 384 g/mol. The van der Waals surface area contributed by atoms with E-state index in [4.69, 9.17) is 14.9 Å². The summed E-state index contributed by atoms with van der Waals surface area (Å²) in [4.78, 5) is 36.7. The van der Waals surface area contributed by atoms with Gasteiger partial charge in [-0.15, -0.1) is 0 Å². The first-order chi connectivity index (χ1) is 13.2. The first-order valence-corrected chi connectivity index (χ1v) is 8.52. The topological polar surface area (TPSA) is 125 Å². The molecule has 146 valence electrons. The third kappa shape index (κ3) is 3.36. The quantitative estimate of drug-likeness (QED) is 0.687. The van der Waals surface area contributed by atoms with Gasteiger partial charge in [-0.2, -0.15) is 0 Å². The Bertz CT molecular complexity index is 1190. The van der Waals surface area contributed by atoms with Crippen LogP contribution in [-0.2, 0) is 11.8 Å². The van der Waals surface area contributed by atoms with E-state index in [2.05, 4.69) is 0 Å². The smallest absolute Gasteiger partial charge is 0.254 e. The highest BCUT2D eigenvalue weighted by Crippen LogP contribution is 2.32. The van der Waals surface area contributed by atoms with Crippen molar-refractivity contribution >= 4 is 16.8 Å². The van der Waals surface area contributed by atoms with Gasteiger partial charge in [0.15, 0.2) is 5.76 Å². The first-order valence-electron chi connectivity index (χ1n) is 8.52. The van der Waals surface area contributed by atoms with E-state index in [0.717, 1.165) is 6.07 Å². The molecule has 0 fully saturated rings. The molecule has 2 heterocycles. The number of aromatic nitrogens is 1. The van der Waals surface area contributed by atoms with Crippen LogP contribution in [0.3, 0.4) is 0 Å². The monoisotopic (exact) mass is 384 g/mol. The number of nitrogens with zero attached hydrogens (tertiary/aromatic N) is 1. The molecule has 1 atom stereocenters. The predicted molar refractivity (Wildman–Crippen MR) is 103 cm³/mol. The maximum absolute atomic E-state index is 13.0. The van der Waals surface area contributed by atoms with Gasteiger partial charge in [0, 0.05) is 31.2 Å². The van der Waals surface area contributed by atoms with Crippen molar-refractivity contribution in [1.82, 2.24) is 4.57 Å². The molecule has 28 heavy (non-hydrogen) atoms. The van der Waals surface area contributed by atoms with Crippen LogP contribution >= 0.6 is 0 Å². The molecule has 1 amide bonds. The van der Waals surface area contributed by atoms with Gasteiger partial charge in [0.2, 0.25) is 17.1 Å². The Labute approximate surface area is 159 Å². The van der Waals surface area contributed by atoms with Crippen molar-refractivity contribution in [3.05, 3.63) is 68.0 Å². The number of pyridine rings is 1. The van der Waals surface area contributed by atoms with Crippen LogP contribution in [0.5, 0.6) is 11.5 Å². The van der Waals surface area contributed by atoms with Crippen molar-refractivity contribution in [3.63, 3.8) is 0 Å². The van der Waals surface area contributed by atoms with Crippen LogP contribution in [0.2, 0.25) is 0 Å². The summed E-state index contributed by atoms with van der Waals surface area (Å²) in [6, 6.07) is 7.96. The molecule has 0 saturated carbocycles. The highest BCUT2D eigenvalue weighted by molar-refractivity contribution is 5.82. The fourth-order valence-electron chi connectivity index (χ4n) is 3.25. The van der Waals surface area contributed by atoms with Crippen molar-refractivity contribution < 1.29 is 19.1 Å². The molecule has 0 aliphatic heterocycles. The van der Waals surface area contributed by atoms with Crippen molar-refractivity contribution in [1.29, 1.82) is 0 Å². The van der Waals surface area contributed by atoms with Crippen LogP contribution in [0.1, 0.15) is 29.4 Å². The zero-order chi connectivity index (χ0) is 20.6. The number of primary amides is 1. The summed E-state index contributed by atoms with van der Waals surface area (Å²) in [5.74, 6) is -1.68. The minimum atomic E-state index is -1.00. The van der Waals surface area contributed by atoms with Gasteiger partial charge in [0.05, 0.1) is 18.5 Å². The number of aromatic hydroxyl groups is 1. The Morgan fingerprint density at radius 1 is 1.29 bits per heavy atom. The Morgan fingerprint density at radius 3 is 2.64 bits per heavy atom. The summed E-state index contributed by atoms with van der Waals surface area (Å²) in [7, 11) is 3.11. The molecular formula is C20H20N2O6. The lowest BCUT2D eigenvalue weighted by atomic mass is 9.91. The number of ether oxygens (including phenoxy) is 1. The lowest BCUT2D eigenvalue weighted by Crippen LogP contribution is -2.27. The fourth-order valence-corrected chi connectivity index (χ4v) is 3.25. The number of amides is 1. The third-order valence-electron chi connectivity index (χ3n) is 4.63. The van der Waals surface area contributed by atoms with E-state index in [9.17, 15) is 19.5 Å². The summed E-state index contributed by atoms with van der Waals surface area (Å²) in [6.45, 7) is 1.54. The second-order valence-electron chi connectivity index (χ2n) is 6.55. The zero-order valence-electron chi connectivity index (χ0n) is 15.7.